The van der Waals surface area contributed by atoms with Gasteiger partial charge in [-0.05, 0) is 89.0 Å². The van der Waals surface area contributed by atoms with Gasteiger partial charge in [-0.15, -0.1) is 11.3 Å². The lowest BCUT2D eigenvalue weighted by molar-refractivity contribution is 1.18. The predicted molar refractivity (Wildman–Crippen MR) is 219 cm³/mol. The number of rotatable bonds is 6. The first-order valence-corrected chi connectivity index (χ1v) is 18.2. The first kappa shape index (κ1) is 29.5. The molecule has 0 unspecified atom stereocenters. The van der Waals surface area contributed by atoms with Crippen molar-refractivity contribution in [3.8, 4) is 27.9 Å². The van der Waals surface area contributed by atoms with Gasteiger partial charge in [0.15, 0.2) is 0 Å². The Labute approximate surface area is 300 Å². The molecular weight excluding hydrogens is 637 g/mol. The number of hydrogen-bond acceptors (Lipinski definition) is 2. The quantitative estimate of drug-likeness (QED) is 0.171. The van der Waals surface area contributed by atoms with Gasteiger partial charge in [-0.1, -0.05) is 127 Å². The maximum absolute atomic E-state index is 2.45. The Bertz CT molecular complexity index is 2830. The van der Waals surface area contributed by atoms with E-state index >= 15 is 0 Å². The molecule has 240 valence electrons. The van der Waals surface area contributed by atoms with Crippen LogP contribution in [-0.2, 0) is 0 Å². The van der Waals surface area contributed by atoms with Crippen molar-refractivity contribution in [2.24, 2.45) is 0 Å². The Morgan fingerprint density at radius 1 is 0.392 bits per heavy atom. The van der Waals surface area contributed by atoms with E-state index in [2.05, 4.69) is 204 Å². The lowest BCUT2D eigenvalue weighted by Crippen LogP contribution is -2.10. The van der Waals surface area contributed by atoms with E-state index in [1.165, 1.54) is 69.9 Å². The van der Waals surface area contributed by atoms with Gasteiger partial charge in [0.25, 0.3) is 0 Å². The molecule has 2 aromatic heterocycles. The molecule has 0 amide bonds. The Balaban J connectivity index is 1.26. The van der Waals surface area contributed by atoms with Gasteiger partial charge < -0.3 is 9.47 Å². The lowest BCUT2D eigenvalue weighted by Gasteiger charge is -2.27. The van der Waals surface area contributed by atoms with Crippen LogP contribution in [0.5, 0.6) is 0 Å². The van der Waals surface area contributed by atoms with E-state index in [0.29, 0.717) is 0 Å². The van der Waals surface area contributed by atoms with Gasteiger partial charge >= 0.3 is 0 Å². The van der Waals surface area contributed by atoms with Crippen LogP contribution in [0.1, 0.15) is 0 Å². The molecule has 10 rings (SSSR count). The molecular formula is C48H32N2S. The summed E-state index contributed by atoms with van der Waals surface area (Å²) in [5.41, 5.74) is 11.8. The Morgan fingerprint density at radius 2 is 1.02 bits per heavy atom. The molecule has 8 aromatic carbocycles. The molecule has 0 saturated heterocycles. The molecule has 0 fully saturated rings. The Kier molecular flexibility index (Phi) is 7.04. The molecule has 3 heteroatoms. The number of aromatic nitrogens is 1. The van der Waals surface area contributed by atoms with E-state index < -0.39 is 0 Å². The number of benzene rings is 8. The first-order chi connectivity index (χ1) is 25.3. The highest BCUT2D eigenvalue weighted by atomic mass is 32.1. The first-order valence-electron chi connectivity index (χ1n) is 17.4. The average Bonchev–Trinajstić information content (AvgIpc) is 3.75. The minimum Gasteiger partial charge on any atom is -0.310 e. The van der Waals surface area contributed by atoms with Crippen molar-refractivity contribution >= 4 is 70.4 Å². The number of para-hydroxylation sites is 1. The zero-order valence-corrected chi connectivity index (χ0v) is 28.6. The number of hydrogen-bond donors (Lipinski definition) is 0. The van der Waals surface area contributed by atoms with Crippen molar-refractivity contribution in [2.75, 3.05) is 4.90 Å². The number of nitrogens with zero attached hydrogens (tertiary/aromatic N) is 2. The highest BCUT2D eigenvalue weighted by Crippen LogP contribution is 2.47. The fourth-order valence-electron chi connectivity index (χ4n) is 7.71. The number of fused-ring (bicyclic) bond motifs is 6. The van der Waals surface area contributed by atoms with Crippen LogP contribution in [0.4, 0.5) is 17.1 Å². The van der Waals surface area contributed by atoms with E-state index in [1.807, 2.05) is 11.3 Å². The van der Waals surface area contributed by atoms with E-state index in [9.17, 15) is 0 Å². The standard InChI is InChI=1S/C48H32N2S/c1-4-14-33(15-5-1)34-26-28-37(29-27-34)49(44-23-13-25-46-48(44)40-20-10-11-24-45(40)51-46)38-30-31-42-41(32-38)47-39(35-16-6-2-7-17-35)21-12-22-43(47)50(42)36-18-8-3-9-19-36/h1-32H. The summed E-state index contributed by atoms with van der Waals surface area (Å²) < 4.78 is 4.99. The fraction of sp³-hybridized carbons (Fsp3) is 0. The van der Waals surface area contributed by atoms with Crippen molar-refractivity contribution < 1.29 is 0 Å². The summed E-state index contributed by atoms with van der Waals surface area (Å²) in [5, 5.41) is 5.04. The third-order valence-electron chi connectivity index (χ3n) is 9.99. The summed E-state index contributed by atoms with van der Waals surface area (Å²) in [4.78, 5) is 2.45. The summed E-state index contributed by atoms with van der Waals surface area (Å²) in [6.45, 7) is 0. The van der Waals surface area contributed by atoms with Gasteiger partial charge in [0.2, 0.25) is 0 Å². The number of anilines is 3. The van der Waals surface area contributed by atoms with Crippen LogP contribution in [0.3, 0.4) is 0 Å². The summed E-state index contributed by atoms with van der Waals surface area (Å²) in [5.74, 6) is 0. The van der Waals surface area contributed by atoms with Crippen molar-refractivity contribution in [3.05, 3.63) is 194 Å². The molecule has 0 N–H and O–H groups in total. The second-order valence-electron chi connectivity index (χ2n) is 12.9. The normalized spacial score (nSPS) is 11.5. The second kappa shape index (κ2) is 12.2. The van der Waals surface area contributed by atoms with E-state index in [0.717, 1.165) is 17.1 Å². The monoisotopic (exact) mass is 668 g/mol. The van der Waals surface area contributed by atoms with Crippen LogP contribution in [0, 0.1) is 0 Å². The summed E-state index contributed by atoms with van der Waals surface area (Å²) in [7, 11) is 0. The molecule has 0 spiro atoms. The highest BCUT2D eigenvalue weighted by molar-refractivity contribution is 7.26. The van der Waals surface area contributed by atoms with Crippen LogP contribution < -0.4 is 4.90 Å². The van der Waals surface area contributed by atoms with Crippen LogP contribution in [0.15, 0.2) is 194 Å². The molecule has 10 aromatic rings. The van der Waals surface area contributed by atoms with Gasteiger partial charge in [0.05, 0.1) is 16.7 Å². The predicted octanol–water partition coefficient (Wildman–Crippen LogP) is 14.0. The van der Waals surface area contributed by atoms with Gasteiger partial charge in [-0.3, -0.25) is 0 Å². The van der Waals surface area contributed by atoms with Crippen molar-refractivity contribution in [3.63, 3.8) is 0 Å². The molecule has 0 aliphatic rings. The summed E-state index contributed by atoms with van der Waals surface area (Å²) in [6, 6.07) is 70.4. The molecule has 0 radical (unpaired) electrons. The molecule has 0 aliphatic heterocycles. The second-order valence-corrected chi connectivity index (χ2v) is 14.0. The van der Waals surface area contributed by atoms with Gasteiger partial charge in [-0.2, -0.15) is 0 Å². The average molecular weight is 669 g/mol. The van der Waals surface area contributed by atoms with Gasteiger partial charge in [0.1, 0.15) is 0 Å². The largest absolute Gasteiger partial charge is 0.310 e. The van der Waals surface area contributed by atoms with Gasteiger partial charge in [0, 0.05) is 48.0 Å². The zero-order chi connectivity index (χ0) is 33.7. The zero-order valence-electron chi connectivity index (χ0n) is 27.8. The highest BCUT2D eigenvalue weighted by Gasteiger charge is 2.22. The Hall–Kier alpha value is -6.42. The molecule has 0 bridgehead atoms. The summed E-state index contributed by atoms with van der Waals surface area (Å²) >= 11 is 1.86. The fourth-order valence-corrected chi connectivity index (χ4v) is 8.84. The van der Waals surface area contributed by atoms with Crippen LogP contribution in [-0.4, -0.2) is 4.57 Å². The van der Waals surface area contributed by atoms with E-state index in [4.69, 9.17) is 0 Å². The smallest absolute Gasteiger partial charge is 0.0554 e. The van der Waals surface area contributed by atoms with Crippen LogP contribution >= 0.6 is 11.3 Å². The van der Waals surface area contributed by atoms with Crippen molar-refractivity contribution in [2.45, 2.75) is 0 Å². The lowest BCUT2D eigenvalue weighted by atomic mass is 9.99. The van der Waals surface area contributed by atoms with E-state index in [-0.39, 0.29) is 0 Å². The minimum absolute atomic E-state index is 1.12. The van der Waals surface area contributed by atoms with Crippen molar-refractivity contribution in [1.29, 1.82) is 0 Å². The maximum atomic E-state index is 2.45. The molecule has 0 atom stereocenters. The maximum Gasteiger partial charge on any atom is 0.0554 e. The molecule has 2 heterocycles. The minimum atomic E-state index is 1.12. The molecule has 0 aliphatic carbocycles. The third-order valence-corrected chi connectivity index (χ3v) is 11.1. The van der Waals surface area contributed by atoms with Crippen LogP contribution in [0.2, 0.25) is 0 Å². The number of thiophene rings is 1. The summed E-state index contributed by atoms with van der Waals surface area (Å²) in [6.07, 6.45) is 0. The third kappa shape index (κ3) is 4.93. The topological polar surface area (TPSA) is 8.17 Å². The van der Waals surface area contributed by atoms with Crippen LogP contribution in [0.25, 0.3) is 69.9 Å². The molecule has 2 nitrogen and oxygen atoms in total. The van der Waals surface area contributed by atoms with Gasteiger partial charge in [-0.25, -0.2) is 0 Å². The molecule has 51 heavy (non-hydrogen) atoms. The molecule has 0 saturated carbocycles. The van der Waals surface area contributed by atoms with Crippen molar-refractivity contribution in [1.82, 2.24) is 4.57 Å². The Morgan fingerprint density at radius 3 is 1.80 bits per heavy atom. The van der Waals surface area contributed by atoms with E-state index in [1.54, 1.807) is 0 Å². The SMILES string of the molecule is c1ccc(-c2ccc(N(c3ccc4c(c3)c3c(-c5ccccc5)cccc3n4-c3ccccc3)c3cccc4sc5ccccc5c34)cc2)cc1.